The summed E-state index contributed by atoms with van der Waals surface area (Å²) in [5, 5.41) is 12.4. The highest BCUT2D eigenvalue weighted by Crippen LogP contribution is 2.22. The zero-order valence-corrected chi connectivity index (χ0v) is 15.3. The summed E-state index contributed by atoms with van der Waals surface area (Å²) in [5.74, 6) is -0.314. The maximum atomic E-state index is 13.1. The second-order valence-corrected chi connectivity index (χ2v) is 6.90. The molecule has 138 valence electrons. The van der Waals surface area contributed by atoms with Gasteiger partial charge in [-0.25, -0.2) is 4.39 Å². The van der Waals surface area contributed by atoms with E-state index >= 15 is 0 Å². The molecule has 7 heteroatoms. The Morgan fingerprint density at radius 2 is 1.88 bits per heavy atom. The molecule has 1 atom stereocenters. The van der Waals surface area contributed by atoms with Crippen molar-refractivity contribution >= 4 is 28.9 Å². The Balaban J connectivity index is 1.56. The van der Waals surface area contributed by atoms with Crippen LogP contribution in [0.4, 0.5) is 15.8 Å². The number of benzene rings is 2. The van der Waals surface area contributed by atoms with E-state index in [1.165, 1.54) is 23.1 Å². The van der Waals surface area contributed by atoms with Crippen LogP contribution >= 0.6 is 11.6 Å². The van der Waals surface area contributed by atoms with Gasteiger partial charge in [-0.2, -0.15) is 0 Å². The number of rotatable bonds is 4. The van der Waals surface area contributed by atoms with E-state index in [2.05, 4.69) is 10.2 Å². The number of phenolic OH excluding ortho intramolecular Hbond substituents is 1. The number of phenols is 1. The first-order valence-electron chi connectivity index (χ1n) is 8.58. The van der Waals surface area contributed by atoms with Crippen LogP contribution in [0.15, 0.2) is 42.5 Å². The van der Waals surface area contributed by atoms with Crippen LogP contribution < -0.4 is 15.1 Å². The third-order valence-corrected chi connectivity index (χ3v) is 5.13. The summed E-state index contributed by atoms with van der Waals surface area (Å²) in [4.78, 5) is 15.9. The van der Waals surface area contributed by atoms with Gasteiger partial charge in [-0.3, -0.25) is 4.79 Å². The molecule has 1 heterocycles. The second-order valence-electron chi connectivity index (χ2n) is 6.50. The minimum atomic E-state index is -0.433. The molecule has 1 fully saturated rings. The predicted octanol–water partition coefficient (Wildman–Crippen LogP) is 1.92. The lowest BCUT2D eigenvalue weighted by atomic mass is 10.2. The van der Waals surface area contributed by atoms with E-state index in [-0.39, 0.29) is 22.7 Å². The molecule has 3 rings (SSSR count). The van der Waals surface area contributed by atoms with Gasteiger partial charge in [0.2, 0.25) is 0 Å². The highest BCUT2D eigenvalue weighted by atomic mass is 35.5. The van der Waals surface area contributed by atoms with Crippen LogP contribution in [0.2, 0.25) is 5.02 Å². The Bertz CT molecular complexity index is 777. The SMILES string of the molecule is C[C@H](C(=O)Nc1ccc(F)cc1Cl)[NH+]1CCN(c2ccc(O)cc2)CC1. The van der Waals surface area contributed by atoms with Gasteiger partial charge in [-0.15, -0.1) is 0 Å². The average Bonchev–Trinajstić information content (AvgIpc) is 2.64. The van der Waals surface area contributed by atoms with Crippen LogP contribution in [0, 0.1) is 5.82 Å². The number of nitrogens with zero attached hydrogens (tertiary/aromatic N) is 1. The fourth-order valence-electron chi connectivity index (χ4n) is 3.17. The topological polar surface area (TPSA) is 57.0 Å². The molecule has 0 unspecified atom stereocenters. The third kappa shape index (κ3) is 4.26. The monoisotopic (exact) mass is 378 g/mol. The minimum Gasteiger partial charge on any atom is -0.508 e. The number of carbonyl (C=O) groups is 1. The standard InChI is InChI=1S/C19H21ClFN3O2/c1-13(19(26)22-18-7-2-14(21)12-17(18)20)23-8-10-24(11-9-23)15-3-5-16(25)6-4-15/h2-7,12-13,25H,8-11H2,1H3,(H,22,26)/p+1/t13-/m1/s1. The number of quaternary nitrogens is 1. The average molecular weight is 379 g/mol. The van der Waals surface area contributed by atoms with Crippen molar-refractivity contribution < 1.29 is 19.2 Å². The lowest BCUT2D eigenvalue weighted by Gasteiger charge is -2.36. The fourth-order valence-corrected chi connectivity index (χ4v) is 3.38. The number of amides is 1. The van der Waals surface area contributed by atoms with Gasteiger partial charge in [-0.1, -0.05) is 11.6 Å². The van der Waals surface area contributed by atoms with Crippen LogP contribution in [0.25, 0.3) is 0 Å². The summed E-state index contributed by atoms with van der Waals surface area (Å²) >= 11 is 5.98. The summed E-state index contributed by atoms with van der Waals surface area (Å²) in [5.41, 5.74) is 1.49. The summed E-state index contributed by atoms with van der Waals surface area (Å²) in [6.45, 7) is 5.20. The number of anilines is 2. The van der Waals surface area contributed by atoms with Gasteiger partial charge in [-0.05, 0) is 49.4 Å². The first-order chi connectivity index (χ1) is 12.4. The molecule has 1 saturated heterocycles. The molecule has 0 bridgehead atoms. The van der Waals surface area contributed by atoms with Crippen LogP contribution in [-0.4, -0.2) is 43.2 Å². The first kappa shape index (κ1) is 18.5. The van der Waals surface area contributed by atoms with Crippen molar-refractivity contribution in [3.05, 3.63) is 53.3 Å². The van der Waals surface area contributed by atoms with Crippen LogP contribution in [0.5, 0.6) is 5.75 Å². The summed E-state index contributed by atoms with van der Waals surface area (Å²) < 4.78 is 13.1. The molecule has 1 aliphatic rings. The van der Waals surface area contributed by atoms with Gasteiger partial charge in [0, 0.05) is 5.69 Å². The predicted molar refractivity (Wildman–Crippen MR) is 101 cm³/mol. The molecule has 0 radical (unpaired) electrons. The van der Waals surface area contributed by atoms with Crippen molar-refractivity contribution in [1.82, 2.24) is 0 Å². The Hall–Kier alpha value is -2.31. The van der Waals surface area contributed by atoms with E-state index in [4.69, 9.17) is 11.6 Å². The maximum absolute atomic E-state index is 13.1. The Labute approximate surface area is 157 Å². The summed E-state index contributed by atoms with van der Waals surface area (Å²) in [7, 11) is 0. The van der Waals surface area contributed by atoms with Crippen molar-refractivity contribution in [2.45, 2.75) is 13.0 Å². The molecule has 5 nitrogen and oxygen atoms in total. The molecule has 1 aliphatic heterocycles. The van der Waals surface area contributed by atoms with E-state index in [0.717, 1.165) is 31.9 Å². The zero-order chi connectivity index (χ0) is 18.7. The van der Waals surface area contributed by atoms with Crippen LogP contribution in [0.3, 0.4) is 0 Å². The van der Waals surface area contributed by atoms with Gasteiger partial charge in [0.1, 0.15) is 11.6 Å². The molecule has 0 spiro atoms. The fraction of sp³-hybridized carbons (Fsp3) is 0.316. The highest BCUT2D eigenvalue weighted by molar-refractivity contribution is 6.33. The van der Waals surface area contributed by atoms with Gasteiger partial charge in [0.15, 0.2) is 6.04 Å². The van der Waals surface area contributed by atoms with Crippen molar-refractivity contribution in [3.63, 3.8) is 0 Å². The zero-order valence-electron chi connectivity index (χ0n) is 14.5. The second kappa shape index (κ2) is 7.93. The molecule has 1 amide bonds. The van der Waals surface area contributed by atoms with Gasteiger partial charge < -0.3 is 20.2 Å². The molecule has 2 aromatic carbocycles. The lowest BCUT2D eigenvalue weighted by molar-refractivity contribution is -0.914. The van der Waals surface area contributed by atoms with Crippen molar-refractivity contribution in [3.8, 4) is 5.75 Å². The summed E-state index contributed by atoms with van der Waals surface area (Å²) in [6, 6.07) is 10.8. The Morgan fingerprint density at radius 1 is 1.23 bits per heavy atom. The largest absolute Gasteiger partial charge is 0.508 e. The van der Waals surface area contributed by atoms with Crippen LogP contribution in [0.1, 0.15) is 6.92 Å². The number of hydrogen-bond acceptors (Lipinski definition) is 3. The molecule has 0 aliphatic carbocycles. The molecule has 3 N–H and O–H groups in total. The normalized spacial score (nSPS) is 16.3. The van der Waals surface area contributed by atoms with E-state index in [1.807, 2.05) is 19.1 Å². The minimum absolute atomic E-state index is 0.133. The van der Waals surface area contributed by atoms with E-state index < -0.39 is 5.82 Å². The number of hydrogen-bond donors (Lipinski definition) is 3. The maximum Gasteiger partial charge on any atom is 0.282 e. The van der Waals surface area contributed by atoms with Gasteiger partial charge in [0.05, 0.1) is 36.9 Å². The smallest absolute Gasteiger partial charge is 0.282 e. The number of carbonyl (C=O) groups excluding carboxylic acids is 1. The molecule has 2 aromatic rings. The lowest BCUT2D eigenvalue weighted by Crippen LogP contribution is -3.19. The van der Waals surface area contributed by atoms with Crippen molar-refractivity contribution in [2.24, 2.45) is 0 Å². The van der Waals surface area contributed by atoms with E-state index in [1.54, 1.807) is 12.1 Å². The summed E-state index contributed by atoms with van der Waals surface area (Å²) in [6.07, 6.45) is 0. The van der Waals surface area contributed by atoms with Gasteiger partial charge in [0.25, 0.3) is 5.91 Å². The molecular formula is C19H22ClFN3O2+. The Kier molecular flexibility index (Phi) is 5.64. The van der Waals surface area contributed by atoms with Crippen LogP contribution in [-0.2, 0) is 4.79 Å². The number of halogens is 2. The molecular weight excluding hydrogens is 357 g/mol. The van der Waals surface area contributed by atoms with E-state index in [9.17, 15) is 14.3 Å². The first-order valence-corrected chi connectivity index (χ1v) is 8.96. The molecule has 0 saturated carbocycles. The van der Waals surface area contributed by atoms with Crippen molar-refractivity contribution in [2.75, 3.05) is 36.4 Å². The number of nitrogens with one attached hydrogen (secondary N) is 2. The highest BCUT2D eigenvalue weighted by Gasteiger charge is 2.29. The number of aromatic hydroxyl groups is 1. The number of piperazine rings is 1. The van der Waals surface area contributed by atoms with Gasteiger partial charge >= 0.3 is 0 Å². The van der Waals surface area contributed by atoms with Crippen molar-refractivity contribution in [1.29, 1.82) is 0 Å². The molecule has 26 heavy (non-hydrogen) atoms. The van der Waals surface area contributed by atoms with E-state index in [0.29, 0.717) is 5.69 Å². The third-order valence-electron chi connectivity index (χ3n) is 4.82. The quantitative estimate of drug-likeness (QED) is 0.762. The molecule has 0 aromatic heterocycles. The Morgan fingerprint density at radius 3 is 2.50 bits per heavy atom.